The Morgan fingerprint density at radius 2 is 2.00 bits per heavy atom. The zero-order valence-corrected chi connectivity index (χ0v) is 6.99. The summed E-state index contributed by atoms with van der Waals surface area (Å²) in [6, 6.07) is -0.460. The molecule has 0 aliphatic rings. The number of rotatable bonds is 1. The number of hydrogen-bond donors (Lipinski definition) is 2. The van der Waals surface area contributed by atoms with Gasteiger partial charge in [0.1, 0.15) is 0 Å². The Morgan fingerprint density at radius 1 is 1.56 bits per heavy atom. The topological polar surface area (TPSA) is 55.1 Å². The summed E-state index contributed by atoms with van der Waals surface area (Å²) in [5.41, 5.74) is 4.88. The monoisotopic (exact) mass is 144 g/mol. The molecule has 0 aliphatic carbocycles. The van der Waals surface area contributed by atoms with E-state index in [-0.39, 0.29) is 0 Å². The van der Waals surface area contributed by atoms with Gasteiger partial charge in [0.15, 0.2) is 0 Å². The summed E-state index contributed by atoms with van der Waals surface area (Å²) in [7, 11) is -0.503. The van der Waals surface area contributed by atoms with Crippen molar-refractivity contribution in [3.05, 3.63) is 0 Å². The highest BCUT2D eigenvalue weighted by Crippen LogP contribution is 1.70. The highest BCUT2D eigenvalue weighted by atomic mass is 28.2. The molecule has 0 saturated carbocycles. The van der Waals surface area contributed by atoms with Gasteiger partial charge in [0.25, 0.3) is 0 Å². The standard InChI is InChI=1S/C5H12N2OSi/c1-4(9(2)3)7-5(6)8/h1-3H3,(H3,6,7,8). The fourth-order valence-electron chi connectivity index (χ4n) is 0.310. The van der Waals surface area contributed by atoms with Crippen molar-refractivity contribution in [3.8, 4) is 0 Å². The molecule has 0 aromatic heterocycles. The fraction of sp³-hybridized carbons (Fsp3) is 0.600. The molecule has 0 atom stereocenters. The van der Waals surface area contributed by atoms with E-state index >= 15 is 0 Å². The minimum absolute atomic E-state index is 0.460. The molecular weight excluding hydrogens is 132 g/mol. The first-order chi connectivity index (χ1) is 4.04. The third kappa shape index (κ3) is 3.90. The van der Waals surface area contributed by atoms with E-state index in [1.54, 1.807) is 0 Å². The molecular formula is C5H12N2OSi. The number of carbonyl (C=O) groups excluding carboxylic acids is 1. The van der Waals surface area contributed by atoms with Crippen molar-refractivity contribution in [1.82, 2.24) is 5.32 Å². The molecule has 0 aliphatic heterocycles. The number of amides is 2. The van der Waals surface area contributed by atoms with Gasteiger partial charge in [0, 0.05) is 8.41 Å². The van der Waals surface area contributed by atoms with E-state index < -0.39 is 14.4 Å². The first-order valence-electron chi connectivity index (χ1n) is 2.74. The lowest BCUT2D eigenvalue weighted by Gasteiger charge is -2.01. The maximum absolute atomic E-state index is 10.2. The maximum Gasteiger partial charge on any atom is 0.316 e. The van der Waals surface area contributed by atoms with Gasteiger partial charge < -0.3 is 11.1 Å². The summed E-state index contributed by atoms with van der Waals surface area (Å²) in [4.78, 5) is 10.2. The van der Waals surface area contributed by atoms with Crippen LogP contribution in [0.3, 0.4) is 0 Å². The van der Waals surface area contributed by atoms with Gasteiger partial charge >= 0.3 is 6.03 Å². The van der Waals surface area contributed by atoms with E-state index in [0.29, 0.717) is 0 Å². The van der Waals surface area contributed by atoms with Crippen LogP contribution in [-0.4, -0.2) is 19.7 Å². The Balaban J connectivity index is 3.92. The van der Waals surface area contributed by atoms with Crippen molar-refractivity contribution in [2.45, 2.75) is 20.0 Å². The molecule has 9 heavy (non-hydrogen) atoms. The second-order valence-corrected chi connectivity index (χ2v) is 4.86. The minimum Gasteiger partial charge on any atom is -0.351 e. The summed E-state index contributed by atoms with van der Waals surface area (Å²) in [5.74, 6) is 0. The lowest BCUT2D eigenvalue weighted by molar-refractivity contribution is 0.253. The predicted octanol–water partition coefficient (Wildman–Crippen LogP) is 0.141. The number of carbonyl (C=O) groups is 1. The smallest absolute Gasteiger partial charge is 0.316 e. The predicted molar refractivity (Wildman–Crippen MR) is 40.9 cm³/mol. The summed E-state index contributed by atoms with van der Waals surface area (Å²) >= 11 is 0. The van der Waals surface area contributed by atoms with Gasteiger partial charge in [0.2, 0.25) is 0 Å². The first-order valence-corrected chi connectivity index (χ1v) is 5.24. The molecule has 2 amide bonds. The molecule has 4 heteroatoms. The van der Waals surface area contributed by atoms with Gasteiger partial charge in [0.05, 0.1) is 0 Å². The summed E-state index contributed by atoms with van der Waals surface area (Å²) < 4.78 is 0. The molecule has 0 radical (unpaired) electrons. The van der Waals surface area contributed by atoms with Crippen LogP contribution in [0.15, 0.2) is 0 Å². The van der Waals surface area contributed by atoms with Crippen molar-refractivity contribution in [1.29, 1.82) is 0 Å². The molecule has 0 unspecified atom stereocenters. The lowest BCUT2D eigenvalue weighted by Crippen LogP contribution is -2.36. The van der Waals surface area contributed by atoms with Crippen LogP contribution in [0, 0.1) is 0 Å². The molecule has 52 valence electrons. The van der Waals surface area contributed by atoms with E-state index in [1.165, 1.54) is 0 Å². The number of hydrogen-bond acceptors (Lipinski definition) is 1. The zero-order valence-electron chi connectivity index (χ0n) is 5.99. The van der Waals surface area contributed by atoms with Crippen LogP contribution in [0.2, 0.25) is 13.1 Å². The molecule has 0 spiro atoms. The molecule has 3 N–H and O–H groups in total. The molecule has 0 fully saturated rings. The number of nitrogens with two attached hydrogens (primary N) is 1. The van der Waals surface area contributed by atoms with Crippen molar-refractivity contribution in [2.75, 3.05) is 0 Å². The molecule has 0 rings (SSSR count). The van der Waals surface area contributed by atoms with Gasteiger partial charge in [-0.15, -0.1) is 0 Å². The third-order valence-electron chi connectivity index (χ3n) is 1.06. The Bertz CT molecular complexity index is 149. The van der Waals surface area contributed by atoms with Crippen LogP contribution in [-0.2, 0) is 0 Å². The molecule has 3 nitrogen and oxygen atoms in total. The van der Waals surface area contributed by atoms with E-state index in [4.69, 9.17) is 5.73 Å². The van der Waals surface area contributed by atoms with Gasteiger partial charge in [-0.05, 0) is 12.2 Å². The van der Waals surface area contributed by atoms with E-state index in [0.717, 1.165) is 5.29 Å². The highest BCUT2D eigenvalue weighted by Gasteiger charge is 1.93. The van der Waals surface area contributed by atoms with Crippen LogP contribution in [0.25, 0.3) is 0 Å². The largest absolute Gasteiger partial charge is 0.351 e. The van der Waals surface area contributed by atoms with Crippen LogP contribution in [0.5, 0.6) is 0 Å². The van der Waals surface area contributed by atoms with Crippen LogP contribution in [0.1, 0.15) is 6.92 Å². The van der Waals surface area contributed by atoms with Crippen LogP contribution >= 0.6 is 0 Å². The second kappa shape index (κ2) is 3.40. The fourth-order valence-corrected chi connectivity index (χ4v) is 0.683. The van der Waals surface area contributed by atoms with Gasteiger partial charge in [-0.3, -0.25) is 0 Å². The molecule has 0 aromatic rings. The van der Waals surface area contributed by atoms with E-state index in [2.05, 4.69) is 18.4 Å². The summed E-state index contributed by atoms with van der Waals surface area (Å²) in [5, 5.41) is 3.55. The Hall–Kier alpha value is -0.643. The lowest BCUT2D eigenvalue weighted by atomic mass is 10.7. The summed E-state index contributed by atoms with van der Waals surface area (Å²) in [6.07, 6.45) is 0. The molecule has 0 aromatic carbocycles. The van der Waals surface area contributed by atoms with Gasteiger partial charge in [-0.1, -0.05) is 13.1 Å². The van der Waals surface area contributed by atoms with Crippen molar-refractivity contribution in [2.24, 2.45) is 5.73 Å². The van der Waals surface area contributed by atoms with Crippen molar-refractivity contribution in [3.63, 3.8) is 0 Å². The second-order valence-electron chi connectivity index (χ2n) is 2.11. The number of urea groups is 1. The molecule has 0 bridgehead atoms. The Kier molecular flexibility index (Phi) is 3.15. The zero-order chi connectivity index (χ0) is 7.44. The molecule has 0 saturated heterocycles. The number of primary amides is 1. The van der Waals surface area contributed by atoms with Gasteiger partial charge in [-0.2, -0.15) is 0 Å². The average molecular weight is 144 g/mol. The van der Waals surface area contributed by atoms with Gasteiger partial charge in [-0.25, -0.2) is 4.79 Å². The Labute approximate surface area is 56.5 Å². The Morgan fingerprint density at radius 3 is 2.11 bits per heavy atom. The maximum atomic E-state index is 10.2. The number of nitrogens with one attached hydrogen (secondary N) is 1. The SMILES string of the molecule is CC(NC(N)=O)=[Si](C)C. The van der Waals surface area contributed by atoms with Crippen LogP contribution in [0.4, 0.5) is 4.79 Å². The average Bonchev–Trinajstić information content (AvgIpc) is 1.63. The third-order valence-corrected chi connectivity index (χ3v) is 2.69. The highest BCUT2D eigenvalue weighted by molar-refractivity contribution is 6.68. The van der Waals surface area contributed by atoms with Crippen LogP contribution < -0.4 is 11.1 Å². The normalized spacial score (nSPS) is 8.33. The summed E-state index contributed by atoms with van der Waals surface area (Å²) in [6.45, 7) is 6.07. The minimum atomic E-state index is -0.503. The van der Waals surface area contributed by atoms with Crippen molar-refractivity contribution >= 4 is 19.7 Å². The van der Waals surface area contributed by atoms with Crippen molar-refractivity contribution < 1.29 is 4.79 Å². The van der Waals surface area contributed by atoms with E-state index in [1.807, 2.05) is 6.92 Å². The van der Waals surface area contributed by atoms with E-state index in [9.17, 15) is 4.79 Å². The molecule has 0 heterocycles. The quantitative estimate of drug-likeness (QED) is 0.505. The first kappa shape index (κ1) is 8.36.